The topological polar surface area (TPSA) is 76.2 Å². The minimum atomic E-state index is -0.483. The molecule has 0 aromatic heterocycles. The normalized spacial score (nSPS) is 17.3. The average molecular weight is 499 g/mol. The van der Waals surface area contributed by atoms with Crippen molar-refractivity contribution in [1.29, 1.82) is 0 Å². The van der Waals surface area contributed by atoms with Crippen LogP contribution in [0.4, 0.5) is 9.18 Å². The molecule has 2 aliphatic heterocycles. The number of hydrogen-bond donors (Lipinski definition) is 0. The van der Waals surface area contributed by atoms with Gasteiger partial charge in [-0.1, -0.05) is 24.3 Å². The predicted molar refractivity (Wildman–Crippen MR) is 131 cm³/mol. The van der Waals surface area contributed by atoms with Crippen LogP contribution in [0.3, 0.4) is 0 Å². The molecule has 2 heterocycles. The number of rotatable bonds is 8. The molecule has 0 unspecified atom stereocenters. The molecule has 9 heteroatoms. The van der Waals surface area contributed by atoms with Crippen LogP contribution in [0.1, 0.15) is 37.3 Å². The number of benzene rings is 2. The molecular weight excluding hydrogens is 471 g/mol. The maximum Gasteiger partial charge on any atom is 0.294 e. The van der Waals surface area contributed by atoms with Crippen molar-refractivity contribution in [2.45, 2.75) is 32.8 Å². The molecule has 184 valence electrons. The Hall–Kier alpha value is -3.33. The van der Waals surface area contributed by atoms with Gasteiger partial charge in [0.25, 0.3) is 11.1 Å². The van der Waals surface area contributed by atoms with Crippen LogP contribution in [0.2, 0.25) is 0 Å². The lowest BCUT2D eigenvalue weighted by Gasteiger charge is -2.27. The molecule has 2 saturated heterocycles. The molecule has 0 N–H and O–H groups in total. The molecule has 7 nitrogen and oxygen atoms in total. The molecule has 4 rings (SSSR count). The Labute approximate surface area is 207 Å². The van der Waals surface area contributed by atoms with Crippen LogP contribution in [0.15, 0.2) is 47.4 Å². The standard InChI is InChI=1S/C26H27FN2O5S/c1-2-33-22-14-18(10-11-21(22)34-17-19-8-4-5-9-20(19)27)15-23-25(31)29(26(32)35-23)16-24(30)28-12-6-3-7-13-28/h4-5,8-11,14-15H,2-3,6-7,12-13,16-17H2,1H3/b23-15-. The highest BCUT2D eigenvalue weighted by atomic mass is 32.2. The van der Waals surface area contributed by atoms with E-state index in [1.807, 2.05) is 6.92 Å². The minimum absolute atomic E-state index is 0.0377. The lowest BCUT2D eigenvalue weighted by molar-refractivity contribution is -0.136. The summed E-state index contributed by atoms with van der Waals surface area (Å²) in [5.74, 6) is -0.160. The second kappa shape index (κ2) is 11.4. The maximum absolute atomic E-state index is 13.9. The monoisotopic (exact) mass is 498 g/mol. The summed E-state index contributed by atoms with van der Waals surface area (Å²) in [6.07, 6.45) is 4.57. The van der Waals surface area contributed by atoms with Gasteiger partial charge in [0.1, 0.15) is 19.0 Å². The van der Waals surface area contributed by atoms with Gasteiger partial charge in [-0.05, 0) is 67.8 Å². The van der Waals surface area contributed by atoms with E-state index in [1.54, 1.807) is 47.4 Å². The summed E-state index contributed by atoms with van der Waals surface area (Å²) in [4.78, 5) is 40.8. The van der Waals surface area contributed by atoms with Crippen molar-refractivity contribution in [2.24, 2.45) is 0 Å². The summed E-state index contributed by atoms with van der Waals surface area (Å²) < 4.78 is 25.4. The number of thioether (sulfide) groups is 1. The van der Waals surface area contributed by atoms with Gasteiger partial charge in [-0.15, -0.1) is 0 Å². The zero-order chi connectivity index (χ0) is 24.8. The Kier molecular flexibility index (Phi) is 8.07. The molecule has 2 aromatic rings. The first kappa shape index (κ1) is 24.8. The van der Waals surface area contributed by atoms with Gasteiger partial charge in [0.2, 0.25) is 5.91 Å². The molecule has 0 radical (unpaired) electrons. The lowest BCUT2D eigenvalue weighted by Crippen LogP contribution is -2.44. The maximum atomic E-state index is 13.9. The number of likely N-dealkylation sites (tertiary alicyclic amines) is 1. The fourth-order valence-corrected chi connectivity index (χ4v) is 4.78. The first-order chi connectivity index (χ1) is 17.0. The number of halogens is 1. The van der Waals surface area contributed by atoms with Crippen LogP contribution in [0.25, 0.3) is 6.08 Å². The number of imide groups is 1. The Morgan fingerprint density at radius 2 is 1.83 bits per heavy atom. The van der Waals surface area contributed by atoms with Gasteiger partial charge in [-0.25, -0.2) is 4.39 Å². The fourth-order valence-electron chi connectivity index (χ4n) is 3.94. The summed E-state index contributed by atoms with van der Waals surface area (Å²) in [7, 11) is 0. The molecule has 0 bridgehead atoms. The van der Waals surface area contributed by atoms with Crippen molar-refractivity contribution in [3.05, 3.63) is 64.3 Å². The van der Waals surface area contributed by atoms with E-state index in [4.69, 9.17) is 9.47 Å². The first-order valence-electron chi connectivity index (χ1n) is 11.6. The van der Waals surface area contributed by atoms with Gasteiger partial charge < -0.3 is 14.4 Å². The fraction of sp³-hybridized carbons (Fsp3) is 0.346. The molecule has 0 saturated carbocycles. The van der Waals surface area contributed by atoms with E-state index in [9.17, 15) is 18.8 Å². The second-order valence-electron chi connectivity index (χ2n) is 8.23. The quantitative estimate of drug-likeness (QED) is 0.484. The van der Waals surface area contributed by atoms with Gasteiger partial charge >= 0.3 is 0 Å². The number of ether oxygens (including phenoxy) is 2. The van der Waals surface area contributed by atoms with Crippen LogP contribution in [-0.4, -0.2) is 53.1 Å². The van der Waals surface area contributed by atoms with E-state index in [2.05, 4.69) is 0 Å². The van der Waals surface area contributed by atoms with E-state index in [-0.39, 0.29) is 29.8 Å². The number of carbonyl (C=O) groups excluding carboxylic acids is 3. The third-order valence-electron chi connectivity index (χ3n) is 5.78. The molecular formula is C26H27FN2O5S. The van der Waals surface area contributed by atoms with E-state index in [1.165, 1.54) is 6.07 Å². The van der Waals surface area contributed by atoms with Gasteiger partial charge in [0, 0.05) is 18.7 Å². The van der Waals surface area contributed by atoms with Crippen LogP contribution in [0, 0.1) is 5.82 Å². The van der Waals surface area contributed by atoms with Crippen molar-refractivity contribution in [3.8, 4) is 11.5 Å². The zero-order valence-electron chi connectivity index (χ0n) is 19.5. The molecule has 0 atom stereocenters. The number of carbonyl (C=O) groups is 3. The Morgan fingerprint density at radius 1 is 1.06 bits per heavy atom. The first-order valence-corrected chi connectivity index (χ1v) is 12.4. The Balaban J connectivity index is 1.46. The molecule has 0 aliphatic carbocycles. The van der Waals surface area contributed by atoms with Crippen LogP contribution < -0.4 is 9.47 Å². The molecule has 3 amide bonds. The molecule has 2 fully saturated rings. The summed E-state index contributed by atoms with van der Waals surface area (Å²) in [6, 6.07) is 11.5. The predicted octanol–water partition coefficient (Wildman–Crippen LogP) is 4.85. The summed E-state index contributed by atoms with van der Waals surface area (Å²) in [6.45, 7) is 3.34. The van der Waals surface area contributed by atoms with E-state index >= 15 is 0 Å². The van der Waals surface area contributed by atoms with E-state index in [0.717, 1.165) is 35.9 Å². The summed E-state index contributed by atoms with van der Waals surface area (Å²) >= 11 is 0.812. The van der Waals surface area contributed by atoms with Gasteiger partial charge in [0.05, 0.1) is 11.5 Å². The summed E-state index contributed by atoms with van der Waals surface area (Å²) in [5, 5.41) is -0.457. The molecule has 2 aliphatic rings. The van der Waals surface area contributed by atoms with Crippen LogP contribution in [-0.2, 0) is 16.2 Å². The van der Waals surface area contributed by atoms with Gasteiger partial charge in [0.15, 0.2) is 11.5 Å². The smallest absolute Gasteiger partial charge is 0.294 e. The Bertz CT molecular complexity index is 1150. The minimum Gasteiger partial charge on any atom is -0.490 e. The number of nitrogens with zero attached hydrogens (tertiary/aromatic N) is 2. The van der Waals surface area contributed by atoms with Crippen molar-refractivity contribution in [1.82, 2.24) is 9.80 Å². The summed E-state index contributed by atoms with van der Waals surface area (Å²) in [5.41, 5.74) is 1.06. The highest BCUT2D eigenvalue weighted by molar-refractivity contribution is 8.18. The van der Waals surface area contributed by atoms with Gasteiger partial charge in [-0.2, -0.15) is 0 Å². The SMILES string of the molecule is CCOc1cc(/C=C2\SC(=O)N(CC(=O)N3CCCCC3)C2=O)ccc1OCc1ccccc1F. The lowest BCUT2D eigenvalue weighted by atomic mass is 10.1. The van der Waals surface area contributed by atoms with Crippen molar-refractivity contribution >= 4 is 34.9 Å². The Morgan fingerprint density at radius 3 is 2.57 bits per heavy atom. The van der Waals surface area contributed by atoms with E-state index in [0.29, 0.717) is 42.3 Å². The highest BCUT2D eigenvalue weighted by Gasteiger charge is 2.37. The molecule has 0 spiro atoms. The third kappa shape index (κ3) is 6.03. The second-order valence-corrected chi connectivity index (χ2v) is 9.22. The van der Waals surface area contributed by atoms with Gasteiger partial charge in [-0.3, -0.25) is 19.3 Å². The largest absolute Gasteiger partial charge is 0.490 e. The number of amides is 3. The van der Waals surface area contributed by atoms with E-state index < -0.39 is 11.1 Å². The zero-order valence-corrected chi connectivity index (χ0v) is 20.3. The number of piperidine rings is 1. The average Bonchev–Trinajstić information content (AvgIpc) is 3.12. The number of hydrogen-bond acceptors (Lipinski definition) is 6. The highest BCUT2D eigenvalue weighted by Crippen LogP contribution is 2.35. The van der Waals surface area contributed by atoms with Crippen molar-refractivity contribution in [3.63, 3.8) is 0 Å². The molecule has 35 heavy (non-hydrogen) atoms. The van der Waals surface area contributed by atoms with Crippen molar-refractivity contribution < 1.29 is 28.2 Å². The molecule has 2 aromatic carbocycles. The third-order valence-corrected chi connectivity index (χ3v) is 6.69. The van der Waals surface area contributed by atoms with Crippen LogP contribution in [0.5, 0.6) is 11.5 Å². The van der Waals surface area contributed by atoms with Crippen LogP contribution >= 0.6 is 11.8 Å². The van der Waals surface area contributed by atoms with Crippen molar-refractivity contribution in [2.75, 3.05) is 26.2 Å².